The minimum atomic E-state index is -1.17. The van der Waals surface area contributed by atoms with Crippen molar-refractivity contribution in [1.29, 1.82) is 5.26 Å². The molecule has 0 spiro atoms. The molecule has 22 heavy (non-hydrogen) atoms. The maximum Gasteiger partial charge on any atom is 0.243 e. The van der Waals surface area contributed by atoms with E-state index in [-0.39, 0.29) is 13.0 Å². The summed E-state index contributed by atoms with van der Waals surface area (Å²) in [6, 6.07) is 9.83. The number of nitrogens with zero attached hydrogens (tertiary/aromatic N) is 2. The van der Waals surface area contributed by atoms with Crippen LogP contribution < -0.4 is 5.73 Å². The van der Waals surface area contributed by atoms with E-state index in [0.717, 1.165) is 5.56 Å². The first kappa shape index (κ1) is 16.4. The number of alkyl halides is 1. The summed E-state index contributed by atoms with van der Waals surface area (Å²) in [5, 5.41) is 8.99. The van der Waals surface area contributed by atoms with Gasteiger partial charge in [0.25, 0.3) is 0 Å². The van der Waals surface area contributed by atoms with Gasteiger partial charge in [-0.15, -0.1) is 0 Å². The van der Waals surface area contributed by atoms with Crippen molar-refractivity contribution >= 4 is 5.91 Å². The van der Waals surface area contributed by atoms with E-state index in [1.807, 2.05) is 36.4 Å². The van der Waals surface area contributed by atoms with Crippen LogP contribution in [-0.4, -0.2) is 41.7 Å². The lowest BCUT2D eigenvalue weighted by atomic mass is 10.1. The summed E-state index contributed by atoms with van der Waals surface area (Å²) < 4.78 is 19.0. The van der Waals surface area contributed by atoms with Gasteiger partial charge >= 0.3 is 0 Å². The molecule has 1 aliphatic rings. The Hall–Kier alpha value is -1.97. The van der Waals surface area contributed by atoms with E-state index in [1.54, 1.807) is 6.92 Å². The van der Waals surface area contributed by atoms with Crippen LogP contribution in [0.1, 0.15) is 18.9 Å². The minimum Gasteiger partial charge on any atom is -0.372 e. The average Bonchev–Trinajstić information content (AvgIpc) is 2.93. The van der Waals surface area contributed by atoms with E-state index >= 15 is 0 Å². The van der Waals surface area contributed by atoms with E-state index in [1.165, 1.54) is 4.90 Å². The number of hydrogen-bond donors (Lipinski definition) is 1. The van der Waals surface area contributed by atoms with Gasteiger partial charge < -0.3 is 15.4 Å². The van der Waals surface area contributed by atoms with Crippen LogP contribution in [0.2, 0.25) is 0 Å². The number of amides is 1. The Morgan fingerprint density at radius 2 is 2.23 bits per heavy atom. The molecule has 1 amide bonds. The molecule has 1 aromatic carbocycles. The van der Waals surface area contributed by atoms with E-state index < -0.39 is 30.3 Å². The highest BCUT2D eigenvalue weighted by Gasteiger charge is 2.38. The van der Waals surface area contributed by atoms with E-state index in [0.29, 0.717) is 6.61 Å². The zero-order chi connectivity index (χ0) is 16.1. The highest BCUT2D eigenvalue weighted by atomic mass is 19.1. The average molecular weight is 305 g/mol. The molecule has 2 N–H and O–H groups in total. The number of hydrogen-bond acceptors (Lipinski definition) is 4. The zero-order valence-electron chi connectivity index (χ0n) is 12.5. The molecule has 0 saturated carbocycles. The predicted octanol–water partition coefficient (Wildman–Crippen LogP) is 1.38. The van der Waals surface area contributed by atoms with Crippen LogP contribution in [-0.2, 0) is 16.1 Å². The molecule has 5 nitrogen and oxygen atoms in total. The van der Waals surface area contributed by atoms with Crippen molar-refractivity contribution in [1.82, 2.24) is 4.90 Å². The van der Waals surface area contributed by atoms with Gasteiger partial charge in [0.1, 0.15) is 18.3 Å². The van der Waals surface area contributed by atoms with Gasteiger partial charge in [-0.25, -0.2) is 4.39 Å². The summed E-state index contributed by atoms with van der Waals surface area (Å²) in [4.78, 5) is 13.5. The summed E-state index contributed by atoms with van der Waals surface area (Å²) in [6.45, 7) is 1.97. The molecule has 1 aromatic rings. The highest BCUT2D eigenvalue weighted by Crippen LogP contribution is 2.21. The molecular formula is C16H20FN3O2. The lowest BCUT2D eigenvalue weighted by molar-refractivity contribution is -0.136. The molecule has 0 aromatic heterocycles. The zero-order valence-corrected chi connectivity index (χ0v) is 12.5. The molecule has 1 aliphatic heterocycles. The summed E-state index contributed by atoms with van der Waals surface area (Å²) in [5.41, 5.74) is 6.90. The normalized spacial score (nSPS) is 23.8. The van der Waals surface area contributed by atoms with Crippen LogP contribution >= 0.6 is 0 Å². The lowest BCUT2D eigenvalue weighted by Crippen LogP contribution is -2.51. The van der Waals surface area contributed by atoms with Crippen molar-refractivity contribution in [3.05, 3.63) is 35.9 Å². The van der Waals surface area contributed by atoms with Gasteiger partial charge in [0.15, 0.2) is 0 Å². The van der Waals surface area contributed by atoms with E-state index in [2.05, 4.69) is 0 Å². The third-order valence-electron chi connectivity index (χ3n) is 3.83. The molecule has 0 unspecified atom stereocenters. The van der Waals surface area contributed by atoms with Gasteiger partial charge in [0.2, 0.25) is 5.91 Å². The topological polar surface area (TPSA) is 79.3 Å². The second-order valence-corrected chi connectivity index (χ2v) is 5.50. The van der Waals surface area contributed by atoms with Crippen molar-refractivity contribution in [2.24, 2.45) is 5.73 Å². The number of nitriles is 1. The van der Waals surface area contributed by atoms with Gasteiger partial charge in [-0.05, 0) is 12.5 Å². The first-order valence-electron chi connectivity index (χ1n) is 7.28. The Kier molecular flexibility index (Phi) is 5.47. The first-order valence-corrected chi connectivity index (χ1v) is 7.28. The number of likely N-dealkylation sites (tertiary alicyclic amines) is 1. The van der Waals surface area contributed by atoms with Gasteiger partial charge in [0, 0.05) is 6.42 Å². The number of ether oxygens (including phenoxy) is 1. The van der Waals surface area contributed by atoms with Crippen LogP contribution in [0.3, 0.4) is 0 Å². The van der Waals surface area contributed by atoms with Crippen molar-refractivity contribution in [2.45, 2.75) is 44.3 Å². The van der Waals surface area contributed by atoms with Crippen molar-refractivity contribution in [3.8, 4) is 6.07 Å². The van der Waals surface area contributed by atoms with Gasteiger partial charge in [-0.2, -0.15) is 5.26 Å². The third kappa shape index (κ3) is 3.81. The second kappa shape index (κ2) is 7.34. The quantitative estimate of drug-likeness (QED) is 0.891. The molecular weight excluding hydrogens is 285 g/mol. The Morgan fingerprint density at radius 3 is 2.86 bits per heavy atom. The Balaban J connectivity index is 1.91. The summed E-state index contributed by atoms with van der Waals surface area (Å²) in [6.07, 6.45) is -1.64. The molecule has 1 saturated heterocycles. The fourth-order valence-electron chi connectivity index (χ4n) is 2.45. The number of carbonyl (C=O) groups excluding carboxylic acids is 1. The van der Waals surface area contributed by atoms with Crippen LogP contribution in [0, 0.1) is 11.3 Å². The molecule has 6 heteroatoms. The second-order valence-electron chi connectivity index (χ2n) is 5.50. The van der Waals surface area contributed by atoms with Crippen molar-refractivity contribution in [3.63, 3.8) is 0 Å². The lowest BCUT2D eigenvalue weighted by Gasteiger charge is -2.26. The molecule has 0 aliphatic carbocycles. The summed E-state index contributed by atoms with van der Waals surface area (Å²) in [7, 11) is 0. The largest absolute Gasteiger partial charge is 0.372 e. The number of nitrogens with two attached hydrogens (primary N) is 1. The van der Waals surface area contributed by atoms with E-state index in [9.17, 15) is 9.18 Å². The molecule has 1 fully saturated rings. The van der Waals surface area contributed by atoms with E-state index in [4.69, 9.17) is 15.7 Å². The minimum absolute atomic E-state index is 0.0498. The van der Waals surface area contributed by atoms with Gasteiger partial charge in [-0.3, -0.25) is 4.79 Å². The number of benzene rings is 1. The maximum atomic E-state index is 13.4. The SMILES string of the molecule is C[C@@H](OCc1ccccc1)[C@H](N)C(=O)N1C[C@@H](F)C[C@H]1C#N. The fourth-order valence-corrected chi connectivity index (χ4v) is 2.45. The third-order valence-corrected chi connectivity index (χ3v) is 3.83. The molecule has 1 heterocycles. The molecule has 118 valence electrons. The Bertz CT molecular complexity index is 546. The molecule has 0 bridgehead atoms. The summed E-state index contributed by atoms with van der Waals surface area (Å²) in [5.74, 6) is -0.438. The van der Waals surface area contributed by atoms with Crippen molar-refractivity contribution < 1.29 is 13.9 Å². The standard InChI is InChI=1S/C16H20FN3O2/c1-11(22-10-12-5-3-2-4-6-12)15(19)16(21)20-9-13(17)7-14(20)8-18/h2-6,11,13-15H,7,9-10,19H2,1H3/t11-,13+,14+,15+/m1/s1. The van der Waals surface area contributed by atoms with Crippen LogP contribution in [0.5, 0.6) is 0 Å². The van der Waals surface area contributed by atoms with Crippen LogP contribution in [0.25, 0.3) is 0 Å². The molecule has 2 rings (SSSR count). The highest BCUT2D eigenvalue weighted by molar-refractivity contribution is 5.83. The number of rotatable bonds is 5. The Labute approximate surface area is 129 Å². The predicted molar refractivity (Wildman–Crippen MR) is 79.3 cm³/mol. The molecule has 4 atom stereocenters. The van der Waals surface area contributed by atoms with Gasteiger partial charge in [-0.1, -0.05) is 30.3 Å². The van der Waals surface area contributed by atoms with Crippen LogP contribution in [0.4, 0.5) is 4.39 Å². The van der Waals surface area contributed by atoms with Gasteiger partial charge in [0.05, 0.1) is 25.3 Å². The van der Waals surface area contributed by atoms with Crippen LogP contribution in [0.15, 0.2) is 30.3 Å². The first-order chi connectivity index (χ1) is 10.5. The number of carbonyl (C=O) groups is 1. The maximum absolute atomic E-state index is 13.4. The fraction of sp³-hybridized carbons (Fsp3) is 0.500. The van der Waals surface area contributed by atoms with Crippen molar-refractivity contribution in [2.75, 3.05) is 6.54 Å². The molecule has 0 radical (unpaired) electrons. The number of halogens is 1. The Morgan fingerprint density at radius 1 is 1.55 bits per heavy atom. The summed E-state index contributed by atoms with van der Waals surface area (Å²) >= 11 is 0. The smallest absolute Gasteiger partial charge is 0.243 e. The monoisotopic (exact) mass is 305 g/mol.